The van der Waals surface area contributed by atoms with E-state index in [1.807, 2.05) is 0 Å². The normalized spacial score (nSPS) is 23.9. The Balaban J connectivity index is 2.20. The van der Waals surface area contributed by atoms with Crippen LogP contribution in [0.5, 0.6) is 0 Å². The molecule has 1 aliphatic rings. The van der Waals surface area contributed by atoms with Gasteiger partial charge in [0.1, 0.15) is 5.82 Å². The van der Waals surface area contributed by atoms with E-state index in [1.54, 1.807) is 0 Å². The maximum absolute atomic E-state index is 14.1. The highest BCUT2D eigenvalue weighted by Crippen LogP contribution is 2.40. The molecule has 1 aromatic carbocycles. The number of rotatable bonds is 3. The van der Waals surface area contributed by atoms with E-state index in [0.717, 1.165) is 12.8 Å². The van der Waals surface area contributed by atoms with E-state index in [0.29, 0.717) is 17.3 Å². The van der Waals surface area contributed by atoms with Crippen LogP contribution < -0.4 is 11.1 Å². The minimum atomic E-state index is -0.719. The lowest BCUT2D eigenvalue weighted by atomic mass is 9.70. The maximum atomic E-state index is 14.1. The van der Waals surface area contributed by atoms with Crippen LogP contribution in [0.2, 0.25) is 0 Å². The molecule has 22 heavy (non-hydrogen) atoms. The van der Waals surface area contributed by atoms with Crippen molar-refractivity contribution in [2.24, 2.45) is 11.3 Å². The van der Waals surface area contributed by atoms with Crippen LogP contribution >= 0.6 is 0 Å². The predicted octanol–water partition coefficient (Wildman–Crippen LogP) is 3.82. The third kappa shape index (κ3) is 3.70. The number of nitrogens with one attached hydrogen (secondary N) is 1. The molecule has 2 rings (SSSR count). The Morgan fingerprint density at radius 2 is 2.09 bits per heavy atom. The van der Waals surface area contributed by atoms with Gasteiger partial charge in [0.25, 0.3) is 0 Å². The van der Waals surface area contributed by atoms with Crippen LogP contribution in [0.1, 0.15) is 50.4 Å². The second kappa shape index (κ2) is 6.15. The number of carbonyl (C=O) groups excluding carboxylic acids is 1. The number of hydrogen-bond donors (Lipinski definition) is 2. The highest BCUT2D eigenvalue weighted by atomic mass is 19.1. The average Bonchev–Trinajstić information content (AvgIpc) is 2.39. The van der Waals surface area contributed by atoms with Gasteiger partial charge in [-0.1, -0.05) is 20.8 Å². The molecule has 1 aromatic rings. The number of halogens is 1. The smallest absolute Gasteiger partial charge is 0.340 e. The van der Waals surface area contributed by atoms with E-state index in [2.05, 4.69) is 30.8 Å². The van der Waals surface area contributed by atoms with Crippen molar-refractivity contribution in [2.75, 3.05) is 18.2 Å². The van der Waals surface area contributed by atoms with Gasteiger partial charge in [0, 0.05) is 6.04 Å². The minimum absolute atomic E-state index is 0.136. The average molecular weight is 308 g/mol. The Labute approximate surface area is 131 Å². The zero-order chi connectivity index (χ0) is 16.5. The number of anilines is 2. The van der Waals surface area contributed by atoms with Gasteiger partial charge >= 0.3 is 5.97 Å². The SMILES string of the molecule is COC(=O)c1cc(N)c(NC2C[C@H](C)CC(C)(C)C2)cc1F. The molecular weight excluding hydrogens is 283 g/mol. The van der Waals surface area contributed by atoms with Gasteiger partial charge in [0.15, 0.2) is 0 Å². The van der Waals surface area contributed by atoms with Crippen molar-refractivity contribution in [1.29, 1.82) is 0 Å². The van der Waals surface area contributed by atoms with Gasteiger partial charge in [-0.05, 0) is 42.7 Å². The molecule has 1 aliphatic carbocycles. The van der Waals surface area contributed by atoms with Crippen molar-refractivity contribution in [3.05, 3.63) is 23.5 Å². The third-order valence-electron chi connectivity index (χ3n) is 4.29. The Kier molecular flexibility index (Phi) is 4.63. The molecule has 0 radical (unpaired) electrons. The summed E-state index contributed by atoms with van der Waals surface area (Å²) in [6.45, 7) is 6.74. The van der Waals surface area contributed by atoms with Crippen LogP contribution in [0.15, 0.2) is 12.1 Å². The molecule has 5 heteroatoms. The van der Waals surface area contributed by atoms with Crippen LogP contribution in [0.25, 0.3) is 0 Å². The fourth-order valence-corrected chi connectivity index (χ4v) is 3.66. The number of nitrogens with two attached hydrogens (primary N) is 1. The van der Waals surface area contributed by atoms with E-state index in [4.69, 9.17) is 5.73 Å². The zero-order valence-corrected chi connectivity index (χ0v) is 13.7. The van der Waals surface area contributed by atoms with Gasteiger partial charge in [-0.3, -0.25) is 0 Å². The molecule has 0 saturated heterocycles. The molecule has 0 aromatic heterocycles. The first-order chi connectivity index (χ1) is 10.2. The second-order valence-corrected chi connectivity index (χ2v) is 7.17. The Morgan fingerprint density at radius 1 is 1.41 bits per heavy atom. The summed E-state index contributed by atoms with van der Waals surface area (Å²) >= 11 is 0. The maximum Gasteiger partial charge on any atom is 0.340 e. The molecule has 0 bridgehead atoms. The summed E-state index contributed by atoms with van der Waals surface area (Å²) in [5, 5.41) is 3.34. The minimum Gasteiger partial charge on any atom is -0.465 e. The first-order valence-electron chi connectivity index (χ1n) is 7.65. The molecule has 0 aliphatic heterocycles. The summed E-state index contributed by atoms with van der Waals surface area (Å²) in [5.41, 5.74) is 6.99. The zero-order valence-electron chi connectivity index (χ0n) is 13.7. The molecule has 3 N–H and O–H groups in total. The summed E-state index contributed by atoms with van der Waals surface area (Å²) in [6.07, 6.45) is 3.23. The molecule has 1 saturated carbocycles. The van der Waals surface area contributed by atoms with Crippen molar-refractivity contribution >= 4 is 17.3 Å². The standard InChI is InChI=1S/C17H25FN2O2/c1-10-5-11(9-17(2,3)8-10)20-15-7-13(18)12(6-14(15)19)16(21)22-4/h6-7,10-11,20H,5,8-9,19H2,1-4H3/t10-,11?/m0/s1. The predicted molar refractivity (Wildman–Crippen MR) is 86.4 cm³/mol. The Hall–Kier alpha value is -1.78. The molecule has 1 fully saturated rings. The lowest BCUT2D eigenvalue weighted by Gasteiger charge is -2.39. The van der Waals surface area contributed by atoms with Gasteiger partial charge in [-0.25, -0.2) is 9.18 Å². The van der Waals surface area contributed by atoms with Gasteiger partial charge in [0.05, 0.1) is 24.0 Å². The van der Waals surface area contributed by atoms with E-state index >= 15 is 0 Å². The van der Waals surface area contributed by atoms with Crippen LogP contribution in [0.3, 0.4) is 0 Å². The fraction of sp³-hybridized carbons (Fsp3) is 0.588. The number of benzene rings is 1. The number of hydrogen-bond acceptors (Lipinski definition) is 4. The number of ether oxygens (including phenoxy) is 1. The fourth-order valence-electron chi connectivity index (χ4n) is 3.66. The van der Waals surface area contributed by atoms with Gasteiger partial charge < -0.3 is 15.8 Å². The van der Waals surface area contributed by atoms with E-state index in [-0.39, 0.29) is 17.0 Å². The molecule has 1 unspecified atom stereocenters. The van der Waals surface area contributed by atoms with E-state index in [9.17, 15) is 9.18 Å². The molecule has 122 valence electrons. The number of esters is 1. The van der Waals surface area contributed by atoms with Crippen molar-refractivity contribution < 1.29 is 13.9 Å². The Bertz CT molecular complexity index is 572. The molecule has 2 atom stereocenters. The number of carbonyl (C=O) groups is 1. The van der Waals surface area contributed by atoms with Gasteiger partial charge in [-0.2, -0.15) is 0 Å². The van der Waals surface area contributed by atoms with Crippen molar-refractivity contribution in [2.45, 2.75) is 46.1 Å². The molecule has 0 heterocycles. The van der Waals surface area contributed by atoms with E-state index in [1.165, 1.54) is 25.7 Å². The molecular formula is C17H25FN2O2. The number of methoxy groups -OCH3 is 1. The van der Waals surface area contributed by atoms with Gasteiger partial charge in [0.2, 0.25) is 0 Å². The highest BCUT2D eigenvalue weighted by molar-refractivity contribution is 5.92. The van der Waals surface area contributed by atoms with Crippen molar-refractivity contribution in [1.82, 2.24) is 0 Å². The molecule has 0 amide bonds. The summed E-state index contributed by atoms with van der Waals surface area (Å²) in [7, 11) is 1.22. The Morgan fingerprint density at radius 3 is 2.68 bits per heavy atom. The lowest BCUT2D eigenvalue weighted by molar-refractivity contribution is 0.0595. The van der Waals surface area contributed by atoms with Crippen LogP contribution in [-0.4, -0.2) is 19.1 Å². The van der Waals surface area contributed by atoms with Crippen LogP contribution in [-0.2, 0) is 4.74 Å². The topological polar surface area (TPSA) is 64.3 Å². The number of nitrogen functional groups attached to an aromatic ring is 1. The van der Waals surface area contributed by atoms with Crippen LogP contribution in [0.4, 0.5) is 15.8 Å². The first-order valence-corrected chi connectivity index (χ1v) is 7.65. The van der Waals surface area contributed by atoms with Crippen molar-refractivity contribution in [3.8, 4) is 0 Å². The second-order valence-electron chi connectivity index (χ2n) is 7.17. The quantitative estimate of drug-likeness (QED) is 0.658. The molecule has 0 spiro atoms. The third-order valence-corrected chi connectivity index (χ3v) is 4.29. The molecule has 4 nitrogen and oxygen atoms in total. The summed E-state index contributed by atoms with van der Waals surface area (Å²) in [5.74, 6) is -0.725. The largest absolute Gasteiger partial charge is 0.465 e. The van der Waals surface area contributed by atoms with Crippen molar-refractivity contribution in [3.63, 3.8) is 0 Å². The van der Waals surface area contributed by atoms with Gasteiger partial charge in [-0.15, -0.1) is 0 Å². The first kappa shape index (κ1) is 16.6. The monoisotopic (exact) mass is 308 g/mol. The summed E-state index contributed by atoms with van der Waals surface area (Å²) in [6, 6.07) is 2.87. The van der Waals surface area contributed by atoms with Crippen LogP contribution in [0, 0.1) is 17.2 Å². The summed E-state index contributed by atoms with van der Waals surface area (Å²) in [4.78, 5) is 11.5. The lowest BCUT2D eigenvalue weighted by Crippen LogP contribution is -2.35. The van der Waals surface area contributed by atoms with E-state index < -0.39 is 11.8 Å². The highest BCUT2D eigenvalue weighted by Gasteiger charge is 2.32. The summed E-state index contributed by atoms with van der Waals surface area (Å²) < 4.78 is 18.6.